The lowest BCUT2D eigenvalue weighted by Crippen LogP contribution is -2.09. The molecule has 0 aliphatic heterocycles. The van der Waals surface area contributed by atoms with Gasteiger partial charge in [0, 0.05) is 17.9 Å². The standard InChI is InChI=1S/C7H7N3O3S2/c1-4-9-7(10-13-4)5-2-6(14-3-5)15(8,11)12/h2-3H,1H3,(H2,8,11,12). The first kappa shape index (κ1) is 10.3. The summed E-state index contributed by atoms with van der Waals surface area (Å²) >= 11 is 1.03. The number of nitrogens with two attached hydrogens (primary N) is 1. The minimum atomic E-state index is -3.65. The van der Waals surface area contributed by atoms with Crippen molar-refractivity contribution in [1.82, 2.24) is 10.1 Å². The summed E-state index contributed by atoms with van der Waals surface area (Å²) in [5.41, 5.74) is 0.584. The summed E-state index contributed by atoms with van der Waals surface area (Å²) in [5, 5.41) is 10.3. The Morgan fingerprint density at radius 2 is 2.27 bits per heavy atom. The Bertz CT molecular complexity index is 584. The van der Waals surface area contributed by atoms with Gasteiger partial charge in [-0.05, 0) is 6.07 Å². The molecule has 2 aromatic rings. The average molecular weight is 245 g/mol. The van der Waals surface area contributed by atoms with Gasteiger partial charge in [0.1, 0.15) is 4.21 Å². The monoisotopic (exact) mass is 245 g/mol. The van der Waals surface area contributed by atoms with Crippen molar-refractivity contribution in [2.75, 3.05) is 0 Å². The molecule has 0 aromatic carbocycles. The van der Waals surface area contributed by atoms with Crippen LogP contribution in [-0.2, 0) is 10.0 Å². The largest absolute Gasteiger partial charge is 0.339 e. The van der Waals surface area contributed by atoms with E-state index < -0.39 is 10.0 Å². The molecule has 0 aliphatic rings. The van der Waals surface area contributed by atoms with Crippen molar-refractivity contribution in [2.24, 2.45) is 5.14 Å². The van der Waals surface area contributed by atoms with E-state index in [1.807, 2.05) is 0 Å². The lowest BCUT2D eigenvalue weighted by molar-refractivity contribution is 0.394. The van der Waals surface area contributed by atoms with Crippen LogP contribution in [0.1, 0.15) is 5.89 Å². The Labute approximate surface area is 89.8 Å². The van der Waals surface area contributed by atoms with E-state index in [1.54, 1.807) is 12.3 Å². The number of aromatic nitrogens is 2. The molecule has 8 heteroatoms. The van der Waals surface area contributed by atoms with Crippen LogP contribution in [-0.4, -0.2) is 18.6 Å². The molecule has 0 saturated carbocycles. The molecule has 0 fully saturated rings. The van der Waals surface area contributed by atoms with E-state index in [0.717, 1.165) is 11.3 Å². The van der Waals surface area contributed by atoms with Crippen molar-refractivity contribution >= 4 is 21.4 Å². The van der Waals surface area contributed by atoms with Gasteiger partial charge in [-0.2, -0.15) is 4.98 Å². The molecule has 0 saturated heterocycles. The normalized spacial score (nSPS) is 11.9. The summed E-state index contributed by atoms with van der Waals surface area (Å²) in [6, 6.07) is 1.42. The Hall–Kier alpha value is -1.25. The third-order valence-electron chi connectivity index (χ3n) is 1.64. The van der Waals surface area contributed by atoms with Gasteiger partial charge in [-0.3, -0.25) is 0 Å². The molecule has 6 nitrogen and oxygen atoms in total. The van der Waals surface area contributed by atoms with E-state index in [9.17, 15) is 8.42 Å². The molecule has 0 radical (unpaired) electrons. The van der Waals surface area contributed by atoms with Gasteiger partial charge in [-0.25, -0.2) is 13.6 Å². The summed E-state index contributed by atoms with van der Waals surface area (Å²) in [7, 11) is -3.65. The third kappa shape index (κ3) is 2.06. The van der Waals surface area contributed by atoms with E-state index in [0.29, 0.717) is 17.3 Å². The highest BCUT2D eigenvalue weighted by molar-refractivity contribution is 7.91. The number of thiophene rings is 1. The zero-order valence-corrected chi connectivity index (χ0v) is 9.30. The van der Waals surface area contributed by atoms with Gasteiger partial charge in [0.25, 0.3) is 0 Å². The molecule has 15 heavy (non-hydrogen) atoms. The molecule has 2 N–H and O–H groups in total. The van der Waals surface area contributed by atoms with Crippen LogP contribution in [0.3, 0.4) is 0 Å². The Morgan fingerprint density at radius 1 is 1.53 bits per heavy atom. The second-order valence-corrected chi connectivity index (χ2v) is 5.54. The zero-order chi connectivity index (χ0) is 11.1. The Balaban J connectivity index is 2.44. The number of primary sulfonamides is 1. The summed E-state index contributed by atoms with van der Waals surface area (Å²) in [4.78, 5) is 3.97. The smallest absolute Gasteiger partial charge is 0.247 e. The number of hydrogen-bond donors (Lipinski definition) is 1. The lowest BCUT2D eigenvalue weighted by atomic mass is 10.3. The van der Waals surface area contributed by atoms with E-state index in [1.165, 1.54) is 6.07 Å². The average Bonchev–Trinajstić information content (AvgIpc) is 2.69. The zero-order valence-electron chi connectivity index (χ0n) is 7.67. The fraction of sp³-hybridized carbons (Fsp3) is 0.143. The van der Waals surface area contributed by atoms with Crippen LogP contribution in [0.15, 0.2) is 20.2 Å². The highest BCUT2D eigenvalue weighted by Gasteiger charge is 2.14. The molecular formula is C7H7N3O3S2. The number of sulfonamides is 1. The molecule has 0 bridgehead atoms. The molecule has 2 heterocycles. The molecule has 2 aromatic heterocycles. The predicted octanol–water partition coefficient (Wildman–Crippen LogP) is 0.754. The van der Waals surface area contributed by atoms with Crippen molar-refractivity contribution in [3.8, 4) is 11.4 Å². The lowest BCUT2D eigenvalue weighted by Gasteiger charge is -1.88. The summed E-state index contributed by atoms with van der Waals surface area (Å²) in [6.07, 6.45) is 0. The minimum absolute atomic E-state index is 0.0833. The molecular weight excluding hydrogens is 238 g/mol. The molecule has 0 unspecified atom stereocenters. The molecule has 0 amide bonds. The first-order chi connectivity index (χ1) is 6.97. The second-order valence-electron chi connectivity index (χ2n) is 2.84. The Morgan fingerprint density at radius 3 is 2.73 bits per heavy atom. The maximum atomic E-state index is 11.0. The van der Waals surface area contributed by atoms with Crippen molar-refractivity contribution in [1.29, 1.82) is 0 Å². The fourth-order valence-electron chi connectivity index (χ4n) is 1.000. The van der Waals surface area contributed by atoms with E-state index in [2.05, 4.69) is 10.1 Å². The minimum Gasteiger partial charge on any atom is -0.339 e. The first-order valence-corrected chi connectivity index (χ1v) is 6.31. The van der Waals surface area contributed by atoms with Crippen LogP contribution in [0, 0.1) is 6.92 Å². The van der Waals surface area contributed by atoms with Crippen molar-refractivity contribution in [3.05, 3.63) is 17.3 Å². The number of hydrogen-bond acceptors (Lipinski definition) is 6. The Kier molecular flexibility index (Phi) is 2.33. The first-order valence-electron chi connectivity index (χ1n) is 3.89. The van der Waals surface area contributed by atoms with Crippen molar-refractivity contribution in [3.63, 3.8) is 0 Å². The van der Waals surface area contributed by atoms with Gasteiger partial charge in [0.2, 0.25) is 21.7 Å². The molecule has 0 aliphatic carbocycles. The summed E-state index contributed by atoms with van der Waals surface area (Å²) < 4.78 is 26.9. The van der Waals surface area contributed by atoms with Gasteiger partial charge in [-0.15, -0.1) is 11.3 Å². The summed E-state index contributed by atoms with van der Waals surface area (Å²) in [6.45, 7) is 1.66. The molecule has 0 atom stereocenters. The van der Waals surface area contributed by atoms with Crippen LogP contribution in [0.2, 0.25) is 0 Å². The fourth-order valence-corrected chi connectivity index (χ4v) is 2.58. The van der Waals surface area contributed by atoms with Crippen molar-refractivity contribution < 1.29 is 12.9 Å². The maximum absolute atomic E-state index is 11.0. The van der Waals surface area contributed by atoms with Gasteiger partial charge in [-0.1, -0.05) is 5.16 Å². The van der Waals surface area contributed by atoms with E-state index in [-0.39, 0.29) is 4.21 Å². The van der Waals surface area contributed by atoms with E-state index >= 15 is 0 Å². The van der Waals surface area contributed by atoms with Crippen LogP contribution in [0.5, 0.6) is 0 Å². The van der Waals surface area contributed by atoms with Crippen LogP contribution in [0.4, 0.5) is 0 Å². The predicted molar refractivity (Wildman–Crippen MR) is 53.7 cm³/mol. The number of nitrogens with zero attached hydrogens (tertiary/aromatic N) is 2. The van der Waals surface area contributed by atoms with Crippen LogP contribution in [0.25, 0.3) is 11.4 Å². The van der Waals surface area contributed by atoms with Gasteiger partial charge >= 0.3 is 0 Å². The van der Waals surface area contributed by atoms with E-state index in [4.69, 9.17) is 9.66 Å². The van der Waals surface area contributed by atoms with Gasteiger partial charge in [0.15, 0.2) is 0 Å². The van der Waals surface area contributed by atoms with Crippen LogP contribution < -0.4 is 5.14 Å². The number of rotatable bonds is 2. The highest BCUT2D eigenvalue weighted by Crippen LogP contribution is 2.25. The maximum Gasteiger partial charge on any atom is 0.247 e. The SMILES string of the molecule is Cc1nc(-c2csc(S(N)(=O)=O)c2)no1. The summed E-state index contributed by atoms with van der Waals surface area (Å²) in [5.74, 6) is 0.784. The second kappa shape index (κ2) is 3.40. The third-order valence-corrected chi connectivity index (χ3v) is 4.03. The quantitative estimate of drug-likeness (QED) is 0.841. The van der Waals surface area contributed by atoms with Gasteiger partial charge < -0.3 is 4.52 Å². The molecule has 80 valence electrons. The number of aryl methyl sites for hydroxylation is 1. The van der Waals surface area contributed by atoms with Crippen LogP contribution >= 0.6 is 11.3 Å². The van der Waals surface area contributed by atoms with Gasteiger partial charge in [0.05, 0.1) is 0 Å². The molecule has 0 spiro atoms. The molecule has 2 rings (SSSR count). The topological polar surface area (TPSA) is 99.1 Å². The van der Waals surface area contributed by atoms with Crippen molar-refractivity contribution in [2.45, 2.75) is 11.1 Å². The highest BCUT2D eigenvalue weighted by atomic mass is 32.2.